The minimum Gasteiger partial charge on any atom is -0.505 e. The van der Waals surface area contributed by atoms with Gasteiger partial charge in [0, 0.05) is 5.56 Å². The molecule has 1 heterocycles. The molecule has 5 heteroatoms. The van der Waals surface area contributed by atoms with Crippen LogP contribution in [-0.2, 0) is 4.74 Å². The molecule has 2 aromatic rings. The summed E-state index contributed by atoms with van der Waals surface area (Å²) in [5, 5.41) is 9.80. The highest BCUT2D eigenvalue weighted by molar-refractivity contribution is 6.37. The zero-order valence-electron chi connectivity index (χ0n) is 10.1. The highest BCUT2D eigenvalue weighted by Crippen LogP contribution is 2.36. The maximum Gasteiger partial charge on any atom is 0.344 e. The van der Waals surface area contributed by atoms with Crippen LogP contribution in [0.2, 0.25) is 10.0 Å². The molecule has 100 valence electrons. The molecule has 0 amide bonds. The topological polar surface area (TPSA) is 46.5 Å². The summed E-state index contributed by atoms with van der Waals surface area (Å²) < 4.78 is 5.22. The number of halogens is 2. The van der Waals surface area contributed by atoms with E-state index < -0.39 is 0 Å². The Bertz CT molecular complexity index is 728. The van der Waals surface area contributed by atoms with Crippen LogP contribution in [0.1, 0.15) is 21.5 Å². The van der Waals surface area contributed by atoms with Crippen LogP contribution in [0.5, 0.6) is 5.75 Å². The number of rotatable bonds is 1. The zero-order chi connectivity index (χ0) is 14.3. The number of cyclic esters (lactones) is 1. The average Bonchev–Trinajstić information content (AvgIpc) is 2.73. The van der Waals surface area contributed by atoms with Gasteiger partial charge in [-0.1, -0.05) is 41.4 Å². The molecule has 0 saturated carbocycles. The van der Waals surface area contributed by atoms with Crippen molar-refractivity contribution < 1.29 is 14.6 Å². The van der Waals surface area contributed by atoms with E-state index >= 15 is 0 Å². The summed E-state index contributed by atoms with van der Waals surface area (Å²) in [5.74, 6) is -0.120. The normalized spacial score (nSPS) is 15.3. The van der Waals surface area contributed by atoms with Crippen molar-refractivity contribution in [2.75, 3.05) is 0 Å². The molecule has 1 aliphatic rings. The number of ether oxygens (including phenoxy) is 1. The van der Waals surface area contributed by atoms with Crippen LogP contribution in [0.25, 0.3) is 11.8 Å². The Hall–Kier alpha value is -1.97. The average molecular weight is 307 g/mol. The molecular formula is C15H8Cl2O3. The first-order chi connectivity index (χ1) is 9.56. The van der Waals surface area contributed by atoms with Crippen molar-refractivity contribution in [2.24, 2.45) is 0 Å². The van der Waals surface area contributed by atoms with E-state index in [0.717, 1.165) is 5.56 Å². The smallest absolute Gasteiger partial charge is 0.344 e. The molecule has 3 rings (SSSR count). The number of phenols is 1. The summed E-state index contributed by atoms with van der Waals surface area (Å²) >= 11 is 11.7. The van der Waals surface area contributed by atoms with Gasteiger partial charge in [-0.15, -0.1) is 0 Å². The summed E-state index contributed by atoms with van der Waals surface area (Å²) in [5.41, 5.74) is 1.88. The predicted octanol–water partition coefficient (Wildman–Crippen LogP) is 4.37. The van der Waals surface area contributed by atoms with E-state index in [0.29, 0.717) is 16.9 Å². The second-order valence-electron chi connectivity index (χ2n) is 4.28. The van der Waals surface area contributed by atoms with Gasteiger partial charge in [0.15, 0.2) is 5.75 Å². The predicted molar refractivity (Wildman–Crippen MR) is 77.9 cm³/mol. The highest BCUT2D eigenvalue weighted by Gasteiger charge is 2.25. The number of fused-ring (bicyclic) bond motifs is 1. The summed E-state index contributed by atoms with van der Waals surface area (Å²) in [4.78, 5) is 11.7. The fourth-order valence-corrected chi connectivity index (χ4v) is 2.52. The molecule has 0 unspecified atom stereocenters. The third-order valence-corrected chi connectivity index (χ3v) is 3.53. The van der Waals surface area contributed by atoms with E-state index in [9.17, 15) is 9.90 Å². The van der Waals surface area contributed by atoms with Crippen LogP contribution in [-0.4, -0.2) is 11.1 Å². The van der Waals surface area contributed by atoms with Gasteiger partial charge >= 0.3 is 5.97 Å². The molecule has 0 bridgehead atoms. The van der Waals surface area contributed by atoms with Crippen LogP contribution < -0.4 is 0 Å². The minimum absolute atomic E-state index is 0.141. The van der Waals surface area contributed by atoms with Crippen molar-refractivity contribution in [3.63, 3.8) is 0 Å². The molecule has 1 N–H and O–H groups in total. The summed E-state index contributed by atoms with van der Waals surface area (Å²) in [6, 6.07) is 10.2. The van der Waals surface area contributed by atoms with Crippen molar-refractivity contribution in [3.05, 3.63) is 63.1 Å². The molecule has 0 aliphatic carbocycles. The standard InChI is InChI=1S/C15H8Cl2O3/c16-11-5-8(6-12(17)14(11)18)7-13-9-3-1-2-4-10(9)15(19)20-13/h1-7,18H. The summed E-state index contributed by atoms with van der Waals surface area (Å²) in [6.45, 7) is 0. The van der Waals surface area contributed by atoms with E-state index in [2.05, 4.69) is 0 Å². The lowest BCUT2D eigenvalue weighted by atomic mass is 10.1. The third-order valence-electron chi connectivity index (χ3n) is 2.95. The van der Waals surface area contributed by atoms with E-state index in [1.807, 2.05) is 6.07 Å². The Morgan fingerprint density at radius 2 is 1.65 bits per heavy atom. The molecule has 20 heavy (non-hydrogen) atoms. The lowest BCUT2D eigenvalue weighted by Crippen LogP contribution is -1.92. The molecule has 0 fully saturated rings. The number of aromatic hydroxyl groups is 1. The first kappa shape index (κ1) is 13.0. The molecule has 1 aliphatic heterocycles. The molecule has 0 spiro atoms. The van der Waals surface area contributed by atoms with Gasteiger partial charge in [0.05, 0.1) is 15.6 Å². The number of carbonyl (C=O) groups excluding carboxylic acids is 1. The number of benzene rings is 2. The lowest BCUT2D eigenvalue weighted by molar-refractivity contribution is 0.0717. The van der Waals surface area contributed by atoms with Gasteiger partial charge in [0.2, 0.25) is 0 Å². The number of carbonyl (C=O) groups is 1. The molecular weight excluding hydrogens is 299 g/mol. The third kappa shape index (κ3) is 2.15. The van der Waals surface area contributed by atoms with Gasteiger partial charge in [0.25, 0.3) is 0 Å². The molecule has 0 aromatic heterocycles. The van der Waals surface area contributed by atoms with Crippen LogP contribution in [0.3, 0.4) is 0 Å². The van der Waals surface area contributed by atoms with Crippen molar-refractivity contribution in [1.29, 1.82) is 0 Å². The van der Waals surface area contributed by atoms with Gasteiger partial charge in [-0.25, -0.2) is 4.79 Å². The van der Waals surface area contributed by atoms with Gasteiger partial charge < -0.3 is 9.84 Å². The van der Waals surface area contributed by atoms with Gasteiger partial charge in [-0.2, -0.15) is 0 Å². The fourth-order valence-electron chi connectivity index (χ4n) is 2.01. The molecule has 0 atom stereocenters. The van der Waals surface area contributed by atoms with Gasteiger partial charge in [0.1, 0.15) is 5.76 Å². The van der Waals surface area contributed by atoms with Gasteiger partial charge in [-0.3, -0.25) is 0 Å². The largest absolute Gasteiger partial charge is 0.505 e. The summed E-state index contributed by atoms with van der Waals surface area (Å²) in [6.07, 6.45) is 1.65. The van der Waals surface area contributed by atoms with Crippen molar-refractivity contribution in [2.45, 2.75) is 0 Å². The van der Waals surface area contributed by atoms with Crippen LogP contribution >= 0.6 is 23.2 Å². The van der Waals surface area contributed by atoms with E-state index in [1.165, 1.54) is 0 Å². The Morgan fingerprint density at radius 1 is 1.05 bits per heavy atom. The first-order valence-corrected chi connectivity index (χ1v) is 6.53. The van der Waals surface area contributed by atoms with Crippen LogP contribution in [0, 0.1) is 0 Å². The quantitative estimate of drug-likeness (QED) is 0.796. The molecule has 2 aromatic carbocycles. The lowest BCUT2D eigenvalue weighted by Gasteiger charge is -2.03. The highest BCUT2D eigenvalue weighted by atomic mass is 35.5. The molecule has 0 radical (unpaired) electrons. The Kier molecular flexibility index (Phi) is 3.16. The maximum absolute atomic E-state index is 11.7. The Labute approximate surface area is 125 Å². The SMILES string of the molecule is O=C1OC(=Cc2cc(Cl)c(O)c(Cl)c2)c2ccccc21. The first-order valence-electron chi connectivity index (χ1n) is 5.77. The second-order valence-corrected chi connectivity index (χ2v) is 5.09. The monoisotopic (exact) mass is 306 g/mol. The Balaban J connectivity index is 2.09. The fraction of sp³-hybridized carbons (Fsp3) is 0. The van der Waals surface area contributed by atoms with Gasteiger partial charge in [-0.05, 0) is 29.8 Å². The minimum atomic E-state index is -0.386. The van der Waals surface area contributed by atoms with Crippen molar-refractivity contribution in [3.8, 4) is 5.75 Å². The number of esters is 1. The maximum atomic E-state index is 11.7. The number of hydrogen-bond acceptors (Lipinski definition) is 3. The molecule has 3 nitrogen and oxygen atoms in total. The van der Waals surface area contributed by atoms with Crippen molar-refractivity contribution >= 4 is 41.0 Å². The Morgan fingerprint density at radius 3 is 2.30 bits per heavy atom. The van der Waals surface area contributed by atoms with E-state index in [-0.39, 0.29) is 21.8 Å². The van der Waals surface area contributed by atoms with Crippen LogP contribution in [0.15, 0.2) is 36.4 Å². The number of phenolic OH excluding ortho intramolecular Hbond substituents is 1. The van der Waals surface area contributed by atoms with Crippen molar-refractivity contribution in [1.82, 2.24) is 0 Å². The van der Waals surface area contributed by atoms with E-state index in [1.54, 1.807) is 36.4 Å². The molecule has 0 saturated heterocycles. The van der Waals surface area contributed by atoms with E-state index in [4.69, 9.17) is 27.9 Å². The summed E-state index contributed by atoms with van der Waals surface area (Å²) in [7, 11) is 0. The number of hydrogen-bond donors (Lipinski definition) is 1. The van der Waals surface area contributed by atoms with Crippen LogP contribution in [0.4, 0.5) is 0 Å². The second kappa shape index (κ2) is 4.85. The zero-order valence-corrected chi connectivity index (χ0v) is 11.6.